The molecule has 5 nitrogen and oxygen atoms in total. The molecule has 2 aromatic carbocycles. The van der Waals surface area contributed by atoms with E-state index in [4.69, 9.17) is 15.2 Å². The van der Waals surface area contributed by atoms with Gasteiger partial charge in [-0.25, -0.2) is 4.98 Å². The Kier molecular flexibility index (Phi) is 5.49. The van der Waals surface area contributed by atoms with E-state index in [1.807, 2.05) is 54.6 Å². The van der Waals surface area contributed by atoms with Gasteiger partial charge < -0.3 is 15.2 Å². The Balaban J connectivity index is 1.98. The van der Waals surface area contributed by atoms with Gasteiger partial charge in [0.05, 0.1) is 13.5 Å². The first-order chi connectivity index (χ1) is 12.7. The van der Waals surface area contributed by atoms with Gasteiger partial charge in [0.1, 0.15) is 12.4 Å². The van der Waals surface area contributed by atoms with E-state index in [1.165, 1.54) is 6.42 Å². The largest absolute Gasteiger partial charge is 0.488 e. The van der Waals surface area contributed by atoms with E-state index < -0.39 is 5.91 Å². The average molecular weight is 347 g/mol. The molecule has 0 fully saturated rings. The van der Waals surface area contributed by atoms with E-state index in [2.05, 4.69) is 4.98 Å². The molecule has 0 aliphatic rings. The van der Waals surface area contributed by atoms with Gasteiger partial charge in [-0.2, -0.15) is 0 Å². The molecule has 1 radical (unpaired) electrons. The molecule has 0 saturated heterocycles. The van der Waals surface area contributed by atoms with E-state index in [9.17, 15) is 4.79 Å². The number of amides is 1. The van der Waals surface area contributed by atoms with Crippen molar-refractivity contribution in [1.82, 2.24) is 4.98 Å². The van der Waals surface area contributed by atoms with Crippen molar-refractivity contribution in [2.24, 2.45) is 5.73 Å². The highest BCUT2D eigenvalue weighted by Crippen LogP contribution is 2.36. The Bertz CT molecular complexity index is 895. The van der Waals surface area contributed by atoms with E-state index in [0.717, 1.165) is 16.7 Å². The van der Waals surface area contributed by atoms with Gasteiger partial charge in [0.25, 0.3) is 0 Å². The van der Waals surface area contributed by atoms with Crippen LogP contribution in [0.5, 0.6) is 11.6 Å². The molecule has 5 heteroatoms. The highest BCUT2D eigenvalue weighted by Gasteiger charge is 2.14. The summed E-state index contributed by atoms with van der Waals surface area (Å²) >= 11 is 0. The minimum Gasteiger partial charge on any atom is -0.488 e. The number of hydrogen-bond acceptors (Lipinski definition) is 4. The Hall–Kier alpha value is -3.34. The van der Waals surface area contributed by atoms with Crippen molar-refractivity contribution in [3.8, 4) is 22.8 Å². The Morgan fingerprint density at radius 2 is 1.88 bits per heavy atom. The number of aromatic nitrogens is 1. The minimum atomic E-state index is -0.509. The summed E-state index contributed by atoms with van der Waals surface area (Å²) in [5, 5.41) is 0. The lowest BCUT2D eigenvalue weighted by Crippen LogP contribution is -2.11. The summed E-state index contributed by atoms with van der Waals surface area (Å²) in [4.78, 5) is 15.5. The number of carbonyl (C=O) groups excluding carboxylic acids is 1. The van der Waals surface area contributed by atoms with Crippen LogP contribution in [0.15, 0.2) is 66.9 Å². The van der Waals surface area contributed by atoms with Crippen molar-refractivity contribution >= 4 is 5.91 Å². The third kappa shape index (κ3) is 4.19. The number of carbonyl (C=O) groups is 1. The van der Waals surface area contributed by atoms with Crippen molar-refractivity contribution < 1.29 is 14.3 Å². The van der Waals surface area contributed by atoms with Crippen molar-refractivity contribution in [2.45, 2.75) is 6.61 Å². The number of nitrogens with two attached hydrogens (primary N) is 1. The summed E-state index contributed by atoms with van der Waals surface area (Å²) in [7, 11) is 1.57. The third-order valence-electron chi connectivity index (χ3n) is 3.81. The average Bonchev–Trinajstić information content (AvgIpc) is 2.67. The number of benzene rings is 2. The number of methoxy groups -OCH3 is 1. The fraction of sp³-hybridized carbons (Fsp3) is 0.0952. The molecule has 0 aliphatic heterocycles. The maximum Gasteiger partial charge on any atom is 0.226 e. The summed E-state index contributed by atoms with van der Waals surface area (Å²) in [5.41, 5.74) is 8.62. The molecule has 0 bridgehead atoms. The Labute approximate surface area is 152 Å². The maximum absolute atomic E-state index is 11.2. The molecular weight excluding hydrogens is 328 g/mol. The van der Waals surface area contributed by atoms with Crippen LogP contribution in [0.1, 0.15) is 11.1 Å². The number of primary amides is 1. The molecule has 0 spiro atoms. The van der Waals surface area contributed by atoms with Crippen molar-refractivity contribution in [3.63, 3.8) is 0 Å². The van der Waals surface area contributed by atoms with Crippen LogP contribution in [0.3, 0.4) is 0 Å². The number of pyridine rings is 1. The molecule has 3 aromatic rings. The van der Waals surface area contributed by atoms with E-state index in [1.54, 1.807) is 19.4 Å². The zero-order valence-electron chi connectivity index (χ0n) is 14.4. The van der Waals surface area contributed by atoms with E-state index in [-0.39, 0.29) is 0 Å². The van der Waals surface area contributed by atoms with E-state index >= 15 is 0 Å². The molecule has 0 saturated carbocycles. The molecule has 2 N–H and O–H groups in total. The van der Waals surface area contributed by atoms with Gasteiger partial charge >= 0.3 is 0 Å². The Morgan fingerprint density at radius 3 is 2.62 bits per heavy atom. The SMILES string of the molecule is COc1ncccc1-c1ccc([CH]C(N)=O)cc1OCc1ccccc1. The zero-order valence-corrected chi connectivity index (χ0v) is 14.4. The minimum absolute atomic E-state index is 0.399. The lowest BCUT2D eigenvalue weighted by Gasteiger charge is -2.15. The summed E-state index contributed by atoms with van der Waals surface area (Å²) < 4.78 is 11.4. The quantitative estimate of drug-likeness (QED) is 0.711. The van der Waals surface area contributed by atoms with Crippen molar-refractivity contribution in [1.29, 1.82) is 0 Å². The fourth-order valence-corrected chi connectivity index (χ4v) is 2.63. The van der Waals surface area contributed by atoms with Crippen LogP contribution in [0.4, 0.5) is 0 Å². The summed E-state index contributed by atoms with van der Waals surface area (Å²) in [6, 6.07) is 19.1. The molecule has 0 aliphatic carbocycles. The number of hydrogen-bond donors (Lipinski definition) is 1. The second kappa shape index (κ2) is 8.16. The van der Waals surface area contributed by atoms with Crippen molar-refractivity contribution in [2.75, 3.05) is 7.11 Å². The monoisotopic (exact) mass is 347 g/mol. The van der Waals surface area contributed by atoms with Gasteiger partial charge in [-0.05, 0) is 29.3 Å². The van der Waals surface area contributed by atoms with E-state index in [0.29, 0.717) is 23.8 Å². The van der Waals surface area contributed by atoms with Crippen LogP contribution in [-0.4, -0.2) is 18.0 Å². The molecular formula is C21H19N2O3. The first kappa shape index (κ1) is 17.5. The maximum atomic E-state index is 11.2. The summed E-state index contributed by atoms with van der Waals surface area (Å²) in [6.45, 7) is 0.399. The van der Waals surface area contributed by atoms with Crippen LogP contribution in [0.25, 0.3) is 11.1 Å². The zero-order chi connectivity index (χ0) is 18.4. The first-order valence-corrected chi connectivity index (χ1v) is 8.11. The standard InChI is InChI=1S/C21H19N2O3/c1-25-21-18(8-5-11-23-21)17-10-9-16(13-20(22)24)12-19(17)26-14-15-6-3-2-4-7-15/h2-13H,14H2,1H3,(H2,22,24). The predicted octanol–water partition coefficient (Wildman–Crippen LogP) is 3.37. The molecule has 131 valence electrons. The van der Waals surface area contributed by atoms with Crippen LogP contribution < -0.4 is 15.2 Å². The lowest BCUT2D eigenvalue weighted by atomic mass is 10.0. The normalized spacial score (nSPS) is 10.3. The summed E-state index contributed by atoms with van der Waals surface area (Å²) in [5.74, 6) is 0.615. The van der Waals surface area contributed by atoms with Crippen LogP contribution in [-0.2, 0) is 11.4 Å². The van der Waals surface area contributed by atoms with Crippen LogP contribution >= 0.6 is 0 Å². The highest BCUT2D eigenvalue weighted by atomic mass is 16.5. The second-order valence-electron chi connectivity index (χ2n) is 5.64. The first-order valence-electron chi connectivity index (χ1n) is 8.11. The van der Waals surface area contributed by atoms with Gasteiger partial charge in [0.2, 0.25) is 11.8 Å². The topological polar surface area (TPSA) is 74.4 Å². The predicted molar refractivity (Wildman–Crippen MR) is 99.6 cm³/mol. The Morgan fingerprint density at radius 1 is 1.08 bits per heavy atom. The second-order valence-corrected chi connectivity index (χ2v) is 5.64. The van der Waals surface area contributed by atoms with Gasteiger partial charge in [-0.15, -0.1) is 0 Å². The molecule has 0 atom stereocenters. The lowest BCUT2D eigenvalue weighted by molar-refractivity contribution is -0.114. The molecule has 1 aromatic heterocycles. The number of rotatable bonds is 7. The smallest absolute Gasteiger partial charge is 0.226 e. The molecule has 3 rings (SSSR count). The number of ether oxygens (including phenoxy) is 2. The fourth-order valence-electron chi connectivity index (χ4n) is 2.63. The molecule has 1 amide bonds. The van der Waals surface area contributed by atoms with Gasteiger partial charge in [0, 0.05) is 17.3 Å². The van der Waals surface area contributed by atoms with Gasteiger partial charge in [-0.3, -0.25) is 4.79 Å². The van der Waals surface area contributed by atoms with Crippen LogP contribution in [0, 0.1) is 6.42 Å². The molecule has 0 unspecified atom stereocenters. The van der Waals surface area contributed by atoms with Crippen LogP contribution in [0.2, 0.25) is 0 Å². The van der Waals surface area contributed by atoms with Crippen molar-refractivity contribution in [3.05, 3.63) is 84.4 Å². The summed E-state index contributed by atoms with van der Waals surface area (Å²) in [6.07, 6.45) is 3.03. The van der Waals surface area contributed by atoms with Gasteiger partial charge in [-0.1, -0.05) is 42.5 Å². The molecule has 26 heavy (non-hydrogen) atoms. The third-order valence-corrected chi connectivity index (χ3v) is 3.81. The van der Waals surface area contributed by atoms with Gasteiger partial charge in [0.15, 0.2) is 0 Å². The highest BCUT2D eigenvalue weighted by molar-refractivity contribution is 5.87. The number of nitrogens with zero attached hydrogens (tertiary/aromatic N) is 1. The molecule has 1 heterocycles.